The molecular weight excluding hydrogens is 271 g/mol. The van der Waals surface area contributed by atoms with E-state index < -0.39 is 28.8 Å². The molecule has 0 aromatic heterocycles. The number of halogens is 3. The Hall–Kier alpha value is -2.50. The van der Waals surface area contributed by atoms with Crippen LogP contribution in [0, 0.1) is 17.5 Å². The average Bonchev–Trinajstić information content (AvgIpc) is 2.40. The van der Waals surface area contributed by atoms with Gasteiger partial charge in [0, 0.05) is 17.7 Å². The number of rotatable bonds is 3. The lowest BCUT2D eigenvalue weighted by Gasteiger charge is -2.07. The summed E-state index contributed by atoms with van der Waals surface area (Å²) >= 11 is 0. The molecule has 0 spiro atoms. The van der Waals surface area contributed by atoms with Gasteiger partial charge < -0.3 is 10.5 Å². The van der Waals surface area contributed by atoms with Crippen molar-refractivity contribution < 1.29 is 22.7 Å². The van der Waals surface area contributed by atoms with Gasteiger partial charge in [-0.2, -0.15) is 0 Å². The first-order valence-corrected chi connectivity index (χ1v) is 5.56. The predicted molar refractivity (Wildman–Crippen MR) is 67.2 cm³/mol. The number of benzene rings is 2. The summed E-state index contributed by atoms with van der Waals surface area (Å²) in [6.07, 6.45) is 0. The fourth-order valence-corrected chi connectivity index (χ4v) is 1.71. The van der Waals surface area contributed by atoms with E-state index in [1.807, 2.05) is 0 Å². The van der Waals surface area contributed by atoms with Crippen LogP contribution in [0.2, 0.25) is 0 Å². The van der Waals surface area contributed by atoms with Gasteiger partial charge in [0.2, 0.25) is 0 Å². The molecule has 104 valence electrons. The minimum atomic E-state index is -1.06. The molecule has 0 amide bonds. The Morgan fingerprint density at radius 1 is 1.05 bits per heavy atom. The molecule has 0 aliphatic carbocycles. The van der Waals surface area contributed by atoms with E-state index >= 15 is 0 Å². The molecule has 2 N–H and O–H groups in total. The SMILES string of the molecule is COc1cc(F)c(C(=O)c2ccc(F)c(N)c2)c(F)c1. The van der Waals surface area contributed by atoms with Crippen molar-refractivity contribution in [1.82, 2.24) is 0 Å². The number of hydrogen-bond donors (Lipinski definition) is 1. The highest BCUT2D eigenvalue weighted by Gasteiger charge is 2.21. The van der Waals surface area contributed by atoms with Gasteiger partial charge in [0.1, 0.15) is 23.2 Å². The van der Waals surface area contributed by atoms with E-state index in [-0.39, 0.29) is 17.0 Å². The van der Waals surface area contributed by atoms with Crippen LogP contribution in [0.4, 0.5) is 18.9 Å². The van der Waals surface area contributed by atoms with Gasteiger partial charge >= 0.3 is 0 Å². The molecule has 20 heavy (non-hydrogen) atoms. The number of carbonyl (C=O) groups excluding carboxylic acids is 1. The molecule has 0 fully saturated rings. The summed E-state index contributed by atoms with van der Waals surface area (Å²) < 4.78 is 45.2. The standard InChI is InChI=1S/C14H10F3NO2/c1-20-8-5-10(16)13(11(17)6-8)14(19)7-2-3-9(15)12(18)4-7/h2-6H,18H2,1H3. The zero-order valence-corrected chi connectivity index (χ0v) is 10.4. The van der Waals surface area contributed by atoms with Gasteiger partial charge in [0.15, 0.2) is 5.78 Å². The van der Waals surface area contributed by atoms with Crippen molar-refractivity contribution in [3.8, 4) is 5.75 Å². The molecule has 6 heteroatoms. The second-order valence-corrected chi connectivity index (χ2v) is 4.03. The van der Waals surface area contributed by atoms with Gasteiger partial charge in [-0.3, -0.25) is 4.79 Å². The summed E-state index contributed by atoms with van der Waals surface area (Å²) in [6, 6.07) is 4.88. The molecule has 0 atom stereocenters. The van der Waals surface area contributed by atoms with E-state index in [4.69, 9.17) is 10.5 Å². The molecule has 3 nitrogen and oxygen atoms in total. The van der Waals surface area contributed by atoms with Gasteiger partial charge in [-0.1, -0.05) is 0 Å². The molecule has 0 bridgehead atoms. The lowest BCUT2D eigenvalue weighted by atomic mass is 10.0. The van der Waals surface area contributed by atoms with Crippen LogP contribution in [-0.4, -0.2) is 12.9 Å². The summed E-state index contributed by atoms with van der Waals surface area (Å²) in [6.45, 7) is 0. The first-order chi connectivity index (χ1) is 9.43. The van der Waals surface area contributed by atoms with Crippen LogP contribution in [0.5, 0.6) is 5.75 Å². The molecule has 2 aromatic carbocycles. The molecule has 0 saturated carbocycles. The Morgan fingerprint density at radius 3 is 2.15 bits per heavy atom. The maximum Gasteiger partial charge on any atom is 0.199 e. The van der Waals surface area contributed by atoms with E-state index in [0.717, 1.165) is 30.3 Å². The summed E-state index contributed by atoms with van der Waals surface area (Å²) in [4.78, 5) is 12.1. The summed E-state index contributed by atoms with van der Waals surface area (Å²) in [5.74, 6) is -3.80. The van der Waals surface area contributed by atoms with Gasteiger partial charge in [0.25, 0.3) is 0 Å². The molecule has 2 rings (SSSR count). The maximum absolute atomic E-state index is 13.8. The molecule has 0 saturated heterocycles. The molecule has 0 aliphatic heterocycles. The van der Waals surface area contributed by atoms with Crippen LogP contribution in [0.25, 0.3) is 0 Å². The van der Waals surface area contributed by atoms with E-state index in [1.54, 1.807) is 0 Å². The van der Waals surface area contributed by atoms with E-state index in [9.17, 15) is 18.0 Å². The molecule has 0 aliphatic rings. The third-order valence-electron chi connectivity index (χ3n) is 2.74. The fraction of sp³-hybridized carbons (Fsp3) is 0.0714. The second kappa shape index (κ2) is 5.24. The van der Waals surface area contributed by atoms with Crippen LogP contribution < -0.4 is 10.5 Å². The highest BCUT2D eigenvalue weighted by atomic mass is 19.1. The van der Waals surface area contributed by atoms with Crippen LogP contribution in [0.1, 0.15) is 15.9 Å². The van der Waals surface area contributed by atoms with Crippen molar-refractivity contribution in [2.24, 2.45) is 0 Å². The maximum atomic E-state index is 13.8. The molecule has 2 aromatic rings. The van der Waals surface area contributed by atoms with Crippen molar-refractivity contribution in [3.05, 3.63) is 58.9 Å². The number of hydrogen-bond acceptors (Lipinski definition) is 3. The van der Waals surface area contributed by atoms with Crippen molar-refractivity contribution in [2.75, 3.05) is 12.8 Å². The van der Waals surface area contributed by atoms with Crippen LogP contribution in [-0.2, 0) is 0 Å². The molecule has 0 radical (unpaired) electrons. The Balaban J connectivity index is 2.50. The summed E-state index contributed by atoms with van der Waals surface area (Å²) in [7, 11) is 1.25. The number of anilines is 1. The van der Waals surface area contributed by atoms with Crippen LogP contribution in [0.15, 0.2) is 30.3 Å². The minimum Gasteiger partial charge on any atom is -0.497 e. The van der Waals surface area contributed by atoms with E-state index in [1.165, 1.54) is 7.11 Å². The van der Waals surface area contributed by atoms with Crippen LogP contribution in [0.3, 0.4) is 0 Å². The zero-order chi connectivity index (χ0) is 14.9. The van der Waals surface area contributed by atoms with Gasteiger partial charge in [-0.05, 0) is 18.2 Å². The number of ketones is 1. The smallest absolute Gasteiger partial charge is 0.199 e. The number of nitrogen functional groups attached to an aromatic ring is 1. The third-order valence-corrected chi connectivity index (χ3v) is 2.74. The number of carbonyl (C=O) groups is 1. The molecule has 0 heterocycles. The highest BCUT2D eigenvalue weighted by molar-refractivity contribution is 6.09. The predicted octanol–water partition coefficient (Wildman–Crippen LogP) is 2.93. The fourth-order valence-electron chi connectivity index (χ4n) is 1.71. The van der Waals surface area contributed by atoms with Crippen molar-refractivity contribution >= 4 is 11.5 Å². The Kier molecular flexibility index (Phi) is 3.65. The zero-order valence-electron chi connectivity index (χ0n) is 10.4. The summed E-state index contributed by atoms with van der Waals surface area (Å²) in [5.41, 5.74) is 4.21. The normalized spacial score (nSPS) is 10.4. The Morgan fingerprint density at radius 2 is 1.65 bits per heavy atom. The first kappa shape index (κ1) is 13.9. The lowest BCUT2D eigenvalue weighted by molar-refractivity contribution is 0.103. The quantitative estimate of drug-likeness (QED) is 0.695. The largest absolute Gasteiger partial charge is 0.497 e. The third kappa shape index (κ3) is 2.45. The second-order valence-electron chi connectivity index (χ2n) is 4.03. The topological polar surface area (TPSA) is 52.3 Å². The van der Waals surface area contributed by atoms with Crippen molar-refractivity contribution in [1.29, 1.82) is 0 Å². The van der Waals surface area contributed by atoms with Gasteiger partial charge in [-0.25, -0.2) is 13.2 Å². The number of ether oxygens (including phenoxy) is 1. The first-order valence-electron chi connectivity index (χ1n) is 5.56. The highest BCUT2D eigenvalue weighted by Crippen LogP contribution is 2.24. The van der Waals surface area contributed by atoms with Crippen molar-refractivity contribution in [3.63, 3.8) is 0 Å². The summed E-state index contributed by atoms with van der Waals surface area (Å²) in [5, 5.41) is 0. The molecule has 0 unspecified atom stereocenters. The van der Waals surface area contributed by atoms with Gasteiger partial charge in [0.05, 0.1) is 18.4 Å². The van der Waals surface area contributed by atoms with Crippen molar-refractivity contribution in [2.45, 2.75) is 0 Å². The minimum absolute atomic E-state index is 0.0461. The Bertz CT molecular complexity index is 663. The number of methoxy groups -OCH3 is 1. The number of nitrogens with two attached hydrogens (primary N) is 1. The Labute approximate surface area is 112 Å². The average molecular weight is 281 g/mol. The van der Waals surface area contributed by atoms with E-state index in [2.05, 4.69) is 0 Å². The molecular formula is C14H10F3NO2. The monoisotopic (exact) mass is 281 g/mol. The van der Waals surface area contributed by atoms with Crippen LogP contribution >= 0.6 is 0 Å². The van der Waals surface area contributed by atoms with Gasteiger partial charge in [-0.15, -0.1) is 0 Å². The lowest BCUT2D eigenvalue weighted by Crippen LogP contribution is -2.09. The van der Waals surface area contributed by atoms with E-state index in [0.29, 0.717) is 0 Å².